The van der Waals surface area contributed by atoms with E-state index >= 15 is 0 Å². The van der Waals surface area contributed by atoms with Crippen LogP contribution in [0.15, 0.2) is 0 Å². The Hall–Kier alpha value is -0.480. The maximum absolute atomic E-state index is 11.9. The largest absolute Gasteiger partial charge is 0.455 e. The Bertz CT molecular complexity index is 399. The van der Waals surface area contributed by atoms with E-state index in [4.69, 9.17) is 27.9 Å². The average Bonchev–Trinajstić information content (AvgIpc) is 2.86. The molecule has 0 N–H and O–H groups in total. The molecule has 4 nitrogen and oxygen atoms in total. The predicted molar refractivity (Wildman–Crippen MR) is 73.1 cm³/mol. The van der Waals surface area contributed by atoms with Gasteiger partial charge in [0.25, 0.3) is 5.91 Å². The van der Waals surface area contributed by atoms with Crippen molar-refractivity contribution >= 4 is 35.1 Å². The number of carbonyl (C=O) groups is 2. The van der Waals surface area contributed by atoms with Gasteiger partial charge in [-0.2, -0.15) is 0 Å². The van der Waals surface area contributed by atoms with E-state index < -0.39 is 15.7 Å². The van der Waals surface area contributed by atoms with Crippen molar-refractivity contribution in [2.45, 2.75) is 37.4 Å². The Kier molecular flexibility index (Phi) is 4.03. The van der Waals surface area contributed by atoms with Gasteiger partial charge >= 0.3 is 5.97 Å². The van der Waals surface area contributed by atoms with Crippen molar-refractivity contribution < 1.29 is 14.3 Å². The molecule has 1 aliphatic carbocycles. The molecule has 1 aliphatic heterocycles. The first-order valence-electron chi connectivity index (χ1n) is 6.59. The van der Waals surface area contributed by atoms with E-state index in [0.717, 1.165) is 25.9 Å². The maximum atomic E-state index is 11.9. The van der Waals surface area contributed by atoms with E-state index in [1.807, 2.05) is 0 Å². The van der Waals surface area contributed by atoms with Crippen molar-refractivity contribution in [3.8, 4) is 0 Å². The van der Waals surface area contributed by atoms with Crippen molar-refractivity contribution in [2.24, 2.45) is 11.3 Å². The fraction of sp³-hybridized carbons (Fsp3) is 0.846. The molecule has 0 aromatic carbocycles. The number of amides is 1. The molecule has 2 rings (SSSR count). The number of halogens is 2. The first-order chi connectivity index (χ1) is 8.76. The molecule has 1 amide bonds. The highest BCUT2D eigenvalue weighted by Crippen LogP contribution is 2.64. The fourth-order valence-electron chi connectivity index (χ4n) is 2.42. The zero-order valence-electron chi connectivity index (χ0n) is 11.2. The summed E-state index contributed by atoms with van der Waals surface area (Å²) in [7, 11) is 0. The molecule has 0 aromatic heterocycles. The summed E-state index contributed by atoms with van der Waals surface area (Å²) in [6.07, 6.45) is 2.52. The van der Waals surface area contributed by atoms with Crippen molar-refractivity contribution in [3.63, 3.8) is 0 Å². The Morgan fingerprint density at radius 3 is 2.58 bits per heavy atom. The lowest BCUT2D eigenvalue weighted by Gasteiger charge is -2.30. The summed E-state index contributed by atoms with van der Waals surface area (Å²) in [5.41, 5.74) is -0.869. The van der Waals surface area contributed by atoms with Gasteiger partial charge in [-0.1, -0.05) is 6.92 Å². The molecule has 2 unspecified atom stereocenters. The normalized spacial score (nSPS) is 32.8. The minimum atomic E-state index is -1.05. The number of ether oxygens (including phenoxy) is 1. The second-order valence-electron chi connectivity index (χ2n) is 5.88. The van der Waals surface area contributed by atoms with Gasteiger partial charge in [-0.25, -0.2) is 0 Å². The topological polar surface area (TPSA) is 46.6 Å². The number of likely N-dealkylation sites (tertiary alicyclic amines) is 1. The molecule has 2 atom stereocenters. The van der Waals surface area contributed by atoms with Gasteiger partial charge in [0, 0.05) is 19.5 Å². The third-order valence-corrected chi connectivity index (χ3v) is 5.15. The number of piperidine rings is 1. The molecule has 6 heteroatoms. The summed E-state index contributed by atoms with van der Waals surface area (Å²) in [4.78, 5) is 25.5. The minimum absolute atomic E-state index is 0.140. The molecule has 2 fully saturated rings. The number of carbonyl (C=O) groups excluding carboxylic acids is 2. The Morgan fingerprint density at radius 2 is 2.05 bits per heavy atom. The SMILES string of the molecule is CC1CCCN(C(=O)COC(=O)C2(C)CC2(Cl)Cl)C1. The highest BCUT2D eigenvalue weighted by atomic mass is 35.5. The van der Waals surface area contributed by atoms with Crippen molar-refractivity contribution in [3.05, 3.63) is 0 Å². The second kappa shape index (κ2) is 5.13. The van der Waals surface area contributed by atoms with Crippen LogP contribution in [0.4, 0.5) is 0 Å². The lowest BCUT2D eigenvalue weighted by molar-refractivity contribution is -0.156. The van der Waals surface area contributed by atoms with E-state index in [2.05, 4.69) is 6.92 Å². The average molecular weight is 308 g/mol. The van der Waals surface area contributed by atoms with Crippen molar-refractivity contribution in [2.75, 3.05) is 19.7 Å². The number of hydrogen-bond acceptors (Lipinski definition) is 3. The van der Waals surface area contributed by atoms with Gasteiger partial charge in [0.15, 0.2) is 6.61 Å². The molecular formula is C13H19Cl2NO3. The number of alkyl halides is 2. The first kappa shape index (κ1) is 14.9. The van der Waals surface area contributed by atoms with E-state index in [1.165, 1.54) is 0 Å². The molecule has 0 bridgehead atoms. The van der Waals surface area contributed by atoms with Crippen LogP contribution in [-0.2, 0) is 14.3 Å². The van der Waals surface area contributed by atoms with Crippen LogP contribution in [0, 0.1) is 11.3 Å². The summed E-state index contributed by atoms with van der Waals surface area (Å²) in [6, 6.07) is 0. The fourth-order valence-corrected chi connectivity index (χ4v) is 3.10. The number of nitrogens with zero attached hydrogens (tertiary/aromatic N) is 1. The maximum Gasteiger partial charge on any atom is 0.315 e. The molecular weight excluding hydrogens is 289 g/mol. The Labute approximate surface area is 123 Å². The third kappa shape index (κ3) is 3.00. The van der Waals surface area contributed by atoms with E-state index in [1.54, 1.807) is 11.8 Å². The van der Waals surface area contributed by atoms with E-state index in [0.29, 0.717) is 12.3 Å². The van der Waals surface area contributed by atoms with Crippen LogP contribution in [0.2, 0.25) is 0 Å². The quantitative estimate of drug-likeness (QED) is 0.594. The van der Waals surface area contributed by atoms with Crippen LogP contribution < -0.4 is 0 Å². The molecule has 1 saturated carbocycles. The zero-order valence-corrected chi connectivity index (χ0v) is 12.8. The zero-order chi connectivity index (χ0) is 14.3. The smallest absolute Gasteiger partial charge is 0.315 e. The molecule has 1 heterocycles. The Balaban J connectivity index is 1.79. The van der Waals surface area contributed by atoms with Crippen LogP contribution in [0.5, 0.6) is 0 Å². The minimum Gasteiger partial charge on any atom is -0.455 e. The van der Waals surface area contributed by atoms with Crippen LogP contribution in [0.25, 0.3) is 0 Å². The second-order valence-corrected chi connectivity index (χ2v) is 7.36. The molecule has 1 saturated heterocycles. The van der Waals surface area contributed by atoms with Crippen LogP contribution in [0.1, 0.15) is 33.1 Å². The van der Waals surface area contributed by atoms with Gasteiger partial charge in [0.2, 0.25) is 0 Å². The molecule has 0 aromatic rings. The summed E-state index contributed by atoms with van der Waals surface area (Å²) >= 11 is 11.8. The summed E-state index contributed by atoms with van der Waals surface area (Å²) in [5.74, 6) is -0.123. The van der Waals surface area contributed by atoms with Gasteiger partial charge in [0.1, 0.15) is 9.75 Å². The highest BCUT2D eigenvalue weighted by molar-refractivity contribution is 6.53. The highest BCUT2D eigenvalue weighted by Gasteiger charge is 2.69. The van der Waals surface area contributed by atoms with Gasteiger partial charge < -0.3 is 9.64 Å². The first-order valence-corrected chi connectivity index (χ1v) is 7.35. The van der Waals surface area contributed by atoms with Gasteiger partial charge in [0.05, 0.1) is 0 Å². The molecule has 0 radical (unpaired) electrons. The van der Waals surface area contributed by atoms with Gasteiger partial charge in [-0.05, 0) is 25.7 Å². The third-order valence-electron chi connectivity index (χ3n) is 4.04. The van der Waals surface area contributed by atoms with Crippen molar-refractivity contribution in [1.82, 2.24) is 4.90 Å². The Morgan fingerprint density at radius 1 is 1.42 bits per heavy atom. The summed E-state index contributed by atoms with van der Waals surface area (Å²) in [5, 5.41) is 0. The van der Waals surface area contributed by atoms with E-state index in [9.17, 15) is 9.59 Å². The molecule has 0 spiro atoms. The standard InChI is InChI=1S/C13H19Cl2NO3/c1-9-4-3-5-16(6-9)10(17)7-19-11(18)12(2)8-13(12,14)15/h9H,3-8H2,1-2H3. The van der Waals surface area contributed by atoms with Crippen LogP contribution >= 0.6 is 23.2 Å². The predicted octanol–water partition coefficient (Wildman–Crippen LogP) is 2.37. The number of rotatable bonds is 3. The van der Waals surface area contributed by atoms with Crippen molar-refractivity contribution in [1.29, 1.82) is 0 Å². The van der Waals surface area contributed by atoms with Crippen LogP contribution in [-0.4, -0.2) is 40.8 Å². The monoisotopic (exact) mass is 307 g/mol. The van der Waals surface area contributed by atoms with Gasteiger partial charge in [-0.3, -0.25) is 9.59 Å². The summed E-state index contributed by atoms with van der Waals surface area (Å²) in [6.45, 7) is 5.04. The van der Waals surface area contributed by atoms with E-state index in [-0.39, 0.29) is 12.5 Å². The molecule has 108 valence electrons. The lowest BCUT2D eigenvalue weighted by atomic mass is 10.0. The number of esters is 1. The van der Waals surface area contributed by atoms with Gasteiger partial charge in [-0.15, -0.1) is 23.2 Å². The lowest BCUT2D eigenvalue weighted by Crippen LogP contribution is -2.41. The number of hydrogen-bond donors (Lipinski definition) is 0. The van der Waals surface area contributed by atoms with Crippen LogP contribution in [0.3, 0.4) is 0 Å². The summed E-state index contributed by atoms with van der Waals surface area (Å²) < 4.78 is 4.01. The molecule has 19 heavy (non-hydrogen) atoms. The molecule has 2 aliphatic rings.